The molecule has 1 N–H and O–H groups in total. The van der Waals surface area contributed by atoms with Crippen molar-refractivity contribution in [3.63, 3.8) is 0 Å². The van der Waals surface area contributed by atoms with E-state index in [2.05, 4.69) is 6.92 Å². The Bertz CT molecular complexity index is 167. The van der Waals surface area contributed by atoms with Crippen LogP contribution in [0.1, 0.15) is 39.0 Å². The van der Waals surface area contributed by atoms with Crippen molar-refractivity contribution >= 4 is 5.97 Å². The van der Waals surface area contributed by atoms with E-state index in [1.807, 2.05) is 6.92 Å². The molecule has 1 saturated carbocycles. The van der Waals surface area contributed by atoms with Crippen molar-refractivity contribution in [3.8, 4) is 0 Å². The van der Waals surface area contributed by atoms with E-state index in [1.165, 1.54) is 0 Å². The molecule has 0 unspecified atom stereocenters. The number of hydrogen-bond donors (Lipinski definition) is 1. The summed E-state index contributed by atoms with van der Waals surface area (Å²) in [6, 6.07) is 0. The van der Waals surface area contributed by atoms with Crippen LogP contribution >= 0.6 is 0 Å². The fourth-order valence-corrected chi connectivity index (χ4v) is 1.82. The number of carboxylic acids is 1. The summed E-state index contributed by atoms with van der Waals surface area (Å²) in [5.41, 5.74) is -0.453. The lowest BCUT2D eigenvalue weighted by atomic mass is 9.71. The molecule has 0 saturated heterocycles. The van der Waals surface area contributed by atoms with E-state index in [1.54, 1.807) is 0 Å². The topological polar surface area (TPSA) is 37.3 Å². The van der Waals surface area contributed by atoms with E-state index in [0.717, 1.165) is 32.1 Å². The molecule has 0 aromatic carbocycles. The van der Waals surface area contributed by atoms with Gasteiger partial charge in [-0.25, -0.2) is 0 Å². The van der Waals surface area contributed by atoms with Gasteiger partial charge in [0.05, 0.1) is 5.41 Å². The molecule has 1 aliphatic rings. The summed E-state index contributed by atoms with van der Waals surface area (Å²) in [5, 5.41) is 8.94. The summed E-state index contributed by atoms with van der Waals surface area (Å²) in [4.78, 5) is 10.9. The largest absolute Gasteiger partial charge is 0.481 e. The molecule has 12 heavy (non-hydrogen) atoms. The number of aliphatic carboxylic acids is 1. The molecule has 0 atom stereocenters. The lowest BCUT2D eigenvalue weighted by Gasteiger charge is -2.33. The quantitative estimate of drug-likeness (QED) is 0.689. The molecule has 1 rings (SSSR count). The number of hydrogen-bond acceptors (Lipinski definition) is 1. The second-order valence-electron chi connectivity index (χ2n) is 4.10. The lowest BCUT2D eigenvalue weighted by molar-refractivity contribution is -0.150. The first-order chi connectivity index (χ1) is 5.58. The predicted molar refractivity (Wildman–Crippen MR) is 47.7 cm³/mol. The molecular formula is C10H17O2. The standard InChI is InChI=1S/C10H17O2/c1-3-8-4-6-10(2,7-5-8)9(11)12/h8H,1,3-7H2,2H3,(H,11,12). The fraction of sp³-hybridized carbons (Fsp3) is 0.800. The highest BCUT2D eigenvalue weighted by Gasteiger charge is 2.36. The highest BCUT2D eigenvalue weighted by molar-refractivity contribution is 5.74. The Morgan fingerprint density at radius 3 is 2.42 bits per heavy atom. The normalized spacial score (nSPS) is 36.3. The summed E-state index contributed by atoms with van der Waals surface area (Å²) in [6.07, 6.45) is 4.67. The molecule has 0 aromatic rings. The highest BCUT2D eigenvalue weighted by Crippen LogP contribution is 2.39. The fourth-order valence-electron chi connectivity index (χ4n) is 1.82. The molecule has 0 heterocycles. The van der Waals surface area contributed by atoms with Crippen LogP contribution in [0, 0.1) is 18.3 Å². The summed E-state index contributed by atoms with van der Waals surface area (Å²) >= 11 is 0. The summed E-state index contributed by atoms with van der Waals surface area (Å²) < 4.78 is 0. The molecule has 2 heteroatoms. The van der Waals surface area contributed by atoms with Gasteiger partial charge >= 0.3 is 5.97 Å². The maximum atomic E-state index is 10.9. The Kier molecular flexibility index (Phi) is 2.76. The first-order valence-corrected chi connectivity index (χ1v) is 4.61. The average Bonchev–Trinajstić information content (AvgIpc) is 2.06. The van der Waals surface area contributed by atoms with Crippen LogP contribution in [0.3, 0.4) is 0 Å². The average molecular weight is 169 g/mol. The predicted octanol–water partition coefficient (Wildman–Crippen LogP) is 2.49. The van der Waals surface area contributed by atoms with Crippen molar-refractivity contribution < 1.29 is 9.90 Å². The first-order valence-electron chi connectivity index (χ1n) is 4.61. The first kappa shape index (κ1) is 9.56. The third kappa shape index (κ3) is 1.79. The monoisotopic (exact) mass is 169 g/mol. The number of carbonyl (C=O) groups is 1. The van der Waals surface area contributed by atoms with Gasteiger partial charge in [-0.05, 0) is 38.5 Å². The van der Waals surface area contributed by atoms with Gasteiger partial charge in [0.2, 0.25) is 0 Å². The number of carboxylic acid groups (broad SMARTS) is 1. The molecule has 0 amide bonds. The van der Waals surface area contributed by atoms with Gasteiger partial charge in [-0.2, -0.15) is 0 Å². The maximum absolute atomic E-state index is 10.9. The second kappa shape index (κ2) is 3.46. The summed E-state index contributed by atoms with van der Waals surface area (Å²) in [6.45, 7) is 5.71. The molecule has 1 fully saturated rings. The van der Waals surface area contributed by atoms with E-state index in [-0.39, 0.29) is 0 Å². The molecule has 1 radical (unpaired) electrons. The van der Waals surface area contributed by atoms with E-state index < -0.39 is 11.4 Å². The van der Waals surface area contributed by atoms with Crippen LogP contribution in [0.25, 0.3) is 0 Å². The Hall–Kier alpha value is -0.530. The Labute approximate surface area is 74.0 Å². The van der Waals surface area contributed by atoms with Crippen LogP contribution in [0.2, 0.25) is 0 Å². The van der Waals surface area contributed by atoms with Crippen molar-refractivity contribution in [2.24, 2.45) is 11.3 Å². The van der Waals surface area contributed by atoms with Gasteiger partial charge in [0.1, 0.15) is 0 Å². The minimum absolute atomic E-state index is 0.453. The maximum Gasteiger partial charge on any atom is 0.309 e. The second-order valence-corrected chi connectivity index (χ2v) is 4.10. The summed E-state index contributed by atoms with van der Waals surface area (Å²) in [7, 11) is 0. The zero-order chi connectivity index (χ0) is 9.19. The van der Waals surface area contributed by atoms with Crippen LogP contribution in [0.15, 0.2) is 0 Å². The zero-order valence-corrected chi connectivity index (χ0v) is 7.68. The van der Waals surface area contributed by atoms with Crippen molar-refractivity contribution in [1.82, 2.24) is 0 Å². The molecule has 2 nitrogen and oxygen atoms in total. The van der Waals surface area contributed by atoms with Gasteiger partial charge in [-0.3, -0.25) is 4.79 Å². The summed E-state index contributed by atoms with van der Waals surface area (Å²) in [5.74, 6) is 0.0300. The molecule has 0 spiro atoms. The molecule has 1 aliphatic carbocycles. The van der Waals surface area contributed by atoms with E-state index in [4.69, 9.17) is 5.11 Å². The minimum Gasteiger partial charge on any atom is -0.481 e. The molecule has 0 bridgehead atoms. The zero-order valence-electron chi connectivity index (χ0n) is 7.68. The van der Waals surface area contributed by atoms with Crippen molar-refractivity contribution in [3.05, 3.63) is 6.92 Å². The highest BCUT2D eigenvalue weighted by atomic mass is 16.4. The third-order valence-electron chi connectivity index (χ3n) is 3.13. The molecule has 0 aromatic heterocycles. The lowest BCUT2D eigenvalue weighted by Crippen LogP contribution is -2.32. The Balaban J connectivity index is 2.49. The molecule has 69 valence electrons. The third-order valence-corrected chi connectivity index (χ3v) is 3.13. The SMILES string of the molecule is [CH2]CC1CCC(C)(C(=O)O)CC1. The van der Waals surface area contributed by atoms with Crippen LogP contribution in [-0.2, 0) is 4.79 Å². The van der Waals surface area contributed by atoms with Crippen molar-refractivity contribution in [1.29, 1.82) is 0 Å². The van der Waals surface area contributed by atoms with Gasteiger partial charge in [0.15, 0.2) is 0 Å². The Morgan fingerprint density at radius 1 is 1.58 bits per heavy atom. The van der Waals surface area contributed by atoms with Gasteiger partial charge < -0.3 is 5.11 Å². The molecular weight excluding hydrogens is 152 g/mol. The van der Waals surface area contributed by atoms with Gasteiger partial charge in [0.25, 0.3) is 0 Å². The number of rotatable bonds is 2. The van der Waals surface area contributed by atoms with Crippen molar-refractivity contribution in [2.75, 3.05) is 0 Å². The molecule has 0 aliphatic heterocycles. The van der Waals surface area contributed by atoms with E-state index >= 15 is 0 Å². The Morgan fingerprint density at radius 2 is 2.08 bits per heavy atom. The minimum atomic E-state index is -0.634. The van der Waals surface area contributed by atoms with Gasteiger partial charge in [-0.15, -0.1) is 0 Å². The van der Waals surface area contributed by atoms with Gasteiger partial charge in [-0.1, -0.05) is 13.3 Å². The van der Waals surface area contributed by atoms with Crippen LogP contribution < -0.4 is 0 Å². The van der Waals surface area contributed by atoms with Crippen LogP contribution in [0.5, 0.6) is 0 Å². The van der Waals surface area contributed by atoms with Crippen molar-refractivity contribution in [2.45, 2.75) is 39.0 Å². The van der Waals surface area contributed by atoms with Crippen LogP contribution in [0.4, 0.5) is 0 Å². The van der Waals surface area contributed by atoms with E-state index in [0.29, 0.717) is 5.92 Å². The van der Waals surface area contributed by atoms with Gasteiger partial charge in [0, 0.05) is 0 Å². The smallest absolute Gasteiger partial charge is 0.309 e. The van der Waals surface area contributed by atoms with E-state index in [9.17, 15) is 4.79 Å². The van der Waals surface area contributed by atoms with Crippen LogP contribution in [-0.4, -0.2) is 11.1 Å².